The fourth-order valence-corrected chi connectivity index (χ4v) is 5.21. The van der Waals surface area contributed by atoms with Crippen LogP contribution in [0, 0.1) is 0 Å². The van der Waals surface area contributed by atoms with Crippen LogP contribution < -0.4 is 9.47 Å². The van der Waals surface area contributed by atoms with Crippen LogP contribution in [-0.2, 0) is 12.8 Å². The molecule has 0 amide bonds. The van der Waals surface area contributed by atoms with Crippen molar-refractivity contribution in [3.63, 3.8) is 0 Å². The Morgan fingerprint density at radius 2 is 1.58 bits per heavy atom. The van der Waals surface area contributed by atoms with Crippen molar-refractivity contribution in [3.05, 3.63) is 107 Å². The van der Waals surface area contributed by atoms with Crippen LogP contribution in [0.15, 0.2) is 83.4 Å². The van der Waals surface area contributed by atoms with Crippen molar-refractivity contribution >= 4 is 0 Å². The molecule has 0 spiro atoms. The molecule has 1 fully saturated rings. The predicted molar refractivity (Wildman–Crippen MR) is 140 cm³/mol. The number of likely N-dealkylation sites (tertiary alicyclic amines) is 1. The van der Waals surface area contributed by atoms with E-state index >= 15 is 0 Å². The number of hydrogen-bond donors (Lipinski definition) is 0. The SMILES string of the molecule is COc1cccc(C(c2nc(CCc3ccccc3)no2)N2CCC(c3ccccc3)CC2)c1OC. The first-order valence-corrected chi connectivity index (χ1v) is 12.6. The maximum atomic E-state index is 5.91. The summed E-state index contributed by atoms with van der Waals surface area (Å²) in [5, 5.41) is 4.35. The van der Waals surface area contributed by atoms with Crippen LogP contribution in [0.5, 0.6) is 11.5 Å². The van der Waals surface area contributed by atoms with Crippen molar-refractivity contribution in [2.24, 2.45) is 0 Å². The van der Waals surface area contributed by atoms with E-state index in [2.05, 4.69) is 70.7 Å². The molecule has 0 saturated carbocycles. The Hall–Kier alpha value is -3.64. The third kappa shape index (κ3) is 5.29. The Morgan fingerprint density at radius 1 is 0.861 bits per heavy atom. The molecular weight excluding hydrogens is 450 g/mol. The van der Waals surface area contributed by atoms with Gasteiger partial charge in [-0.3, -0.25) is 4.90 Å². The summed E-state index contributed by atoms with van der Waals surface area (Å²) in [4.78, 5) is 7.31. The van der Waals surface area contributed by atoms with Gasteiger partial charge in [-0.05, 0) is 55.5 Å². The van der Waals surface area contributed by atoms with E-state index < -0.39 is 0 Å². The summed E-state index contributed by atoms with van der Waals surface area (Å²) >= 11 is 0. The fraction of sp³-hybridized carbons (Fsp3) is 0.333. The van der Waals surface area contributed by atoms with Crippen LogP contribution >= 0.6 is 0 Å². The lowest BCUT2D eigenvalue weighted by atomic mass is 9.88. The molecule has 6 nitrogen and oxygen atoms in total. The quantitative estimate of drug-likeness (QED) is 0.298. The van der Waals surface area contributed by atoms with Crippen molar-refractivity contribution < 1.29 is 14.0 Å². The second kappa shape index (κ2) is 11.4. The zero-order chi connectivity index (χ0) is 24.7. The summed E-state index contributed by atoms with van der Waals surface area (Å²) in [5.41, 5.74) is 3.65. The smallest absolute Gasteiger partial charge is 0.248 e. The third-order valence-electron chi connectivity index (χ3n) is 7.09. The van der Waals surface area contributed by atoms with Crippen LogP contribution in [0.25, 0.3) is 0 Å². The minimum absolute atomic E-state index is 0.204. The van der Waals surface area contributed by atoms with Crippen molar-refractivity contribution in [2.45, 2.75) is 37.6 Å². The van der Waals surface area contributed by atoms with Gasteiger partial charge in [0.25, 0.3) is 0 Å². The van der Waals surface area contributed by atoms with E-state index in [1.165, 1.54) is 11.1 Å². The third-order valence-corrected chi connectivity index (χ3v) is 7.09. The van der Waals surface area contributed by atoms with Crippen LogP contribution in [0.4, 0.5) is 0 Å². The van der Waals surface area contributed by atoms with Gasteiger partial charge >= 0.3 is 0 Å². The average molecular weight is 484 g/mol. The molecule has 2 heterocycles. The Bertz CT molecular complexity index is 1230. The molecule has 1 unspecified atom stereocenters. The van der Waals surface area contributed by atoms with Gasteiger partial charge in [0.05, 0.1) is 14.2 Å². The number of hydrogen-bond acceptors (Lipinski definition) is 6. The minimum Gasteiger partial charge on any atom is -0.493 e. The van der Waals surface area contributed by atoms with Crippen LogP contribution in [0.2, 0.25) is 0 Å². The summed E-state index contributed by atoms with van der Waals surface area (Å²) in [5.74, 6) is 3.28. The molecule has 1 aromatic heterocycles. The van der Waals surface area contributed by atoms with E-state index in [4.69, 9.17) is 19.0 Å². The number of piperidine rings is 1. The van der Waals surface area contributed by atoms with E-state index in [1.807, 2.05) is 18.2 Å². The number of para-hydroxylation sites is 1. The highest BCUT2D eigenvalue weighted by Crippen LogP contribution is 2.41. The molecule has 3 aromatic carbocycles. The first-order chi connectivity index (χ1) is 17.8. The molecule has 1 aliphatic rings. The molecule has 0 N–H and O–H groups in total. The molecule has 36 heavy (non-hydrogen) atoms. The fourth-order valence-electron chi connectivity index (χ4n) is 5.21. The van der Waals surface area contributed by atoms with Crippen LogP contribution in [-0.4, -0.2) is 42.3 Å². The zero-order valence-electron chi connectivity index (χ0n) is 21.0. The summed E-state index contributed by atoms with van der Waals surface area (Å²) in [6.07, 6.45) is 3.74. The van der Waals surface area contributed by atoms with Gasteiger partial charge in [-0.15, -0.1) is 0 Å². The van der Waals surface area contributed by atoms with Crippen LogP contribution in [0.3, 0.4) is 0 Å². The van der Waals surface area contributed by atoms with E-state index in [9.17, 15) is 0 Å². The summed E-state index contributed by atoms with van der Waals surface area (Å²) in [7, 11) is 3.34. The van der Waals surface area contributed by atoms with Crippen molar-refractivity contribution in [1.29, 1.82) is 0 Å². The van der Waals surface area contributed by atoms with Gasteiger partial charge in [-0.1, -0.05) is 78.0 Å². The van der Waals surface area contributed by atoms with E-state index in [-0.39, 0.29) is 6.04 Å². The van der Waals surface area contributed by atoms with Gasteiger partial charge < -0.3 is 14.0 Å². The summed E-state index contributed by atoms with van der Waals surface area (Å²) < 4.78 is 17.3. The molecule has 0 aliphatic carbocycles. The van der Waals surface area contributed by atoms with Crippen LogP contribution in [0.1, 0.15) is 53.2 Å². The van der Waals surface area contributed by atoms with Gasteiger partial charge in [0, 0.05) is 12.0 Å². The number of aryl methyl sites for hydroxylation is 2. The number of benzene rings is 3. The summed E-state index contributed by atoms with van der Waals surface area (Å²) in [6, 6.07) is 27.0. The van der Waals surface area contributed by atoms with E-state index in [0.717, 1.165) is 50.2 Å². The van der Waals surface area contributed by atoms with Crippen molar-refractivity contribution in [1.82, 2.24) is 15.0 Å². The molecule has 4 aromatic rings. The Morgan fingerprint density at radius 3 is 2.28 bits per heavy atom. The molecule has 6 heteroatoms. The van der Waals surface area contributed by atoms with Gasteiger partial charge in [0.1, 0.15) is 6.04 Å². The number of nitrogens with zero attached hydrogens (tertiary/aromatic N) is 3. The highest BCUT2D eigenvalue weighted by molar-refractivity contribution is 5.49. The molecule has 0 radical (unpaired) electrons. The monoisotopic (exact) mass is 483 g/mol. The standard InChI is InChI=1S/C30H33N3O3/c1-34-26-15-9-14-25(29(26)35-2)28(33-20-18-24(19-21-33)23-12-7-4-8-13-23)30-31-27(32-36-30)17-16-22-10-5-3-6-11-22/h3-15,24,28H,16-21H2,1-2H3. The lowest BCUT2D eigenvalue weighted by molar-refractivity contribution is 0.146. The summed E-state index contributed by atoms with van der Waals surface area (Å²) in [6.45, 7) is 1.85. The Labute approximate surface area is 212 Å². The predicted octanol–water partition coefficient (Wildman–Crippen LogP) is 5.84. The first-order valence-electron chi connectivity index (χ1n) is 12.6. The second-order valence-corrected chi connectivity index (χ2v) is 9.24. The van der Waals surface area contributed by atoms with Gasteiger partial charge in [-0.2, -0.15) is 4.98 Å². The Balaban J connectivity index is 1.41. The highest BCUT2D eigenvalue weighted by Gasteiger charge is 2.34. The Kier molecular flexibility index (Phi) is 7.62. The number of rotatable bonds is 9. The largest absolute Gasteiger partial charge is 0.493 e. The topological polar surface area (TPSA) is 60.6 Å². The lowest BCUT2D eigenvalue weighted by Gasteiger charge is -2.36. The highest BCUT2D eigenvalue weighted by atomic mass is 16.5. The molecule has 186 valence electrons. The molecule has 5 rings (SSSR count). The number of aromatic nitrogens is 2. The number of ether oxygens (including phenoxy) is 2. The maximum absolute atomic E-state index is 5.91. The normalized spacial score (nSPS) is 15.5. The van der Waals surface area contributed by atoms with Gasteiger partial charge in [0.15, 0.2) is 17.3 Å². The average Bonchev–Trinajstić information content (AvgIpc) is 3.42. The van der Waals surface area contributed by atoms with Gasteiger partial charge in [0.2, 0.25) is 5.89 Å². The molecule has 0 bridgehead atoms. The number of methoxy groups -OCH3 is 2. The minimum atomic E-state index is -0.204. The first kappa shape index (κ1) is 24.1. The second-order valence-electron chi connectivity index (χ2n) is 9.24. The molecule has 1 atom stereocenters. The van der Waals surface area contributed by atoms with Crippen molar-refractivity contribution in [2.75, 3.05) is 27.3 Å². The lowest BCUT2D eigenvalue weighted by Crippen LogP contribution is -2.37. The van der Waals surface area contributed by atoms with E-state index in [0.29, 0.717) is 23.3 Å². The van der Waals surface area contributed by atoms with Crippen molar-refractivity contribution in [3.8, 4) is 11.5 Å². The zero-order valence-corrected chi connectivity index (χ0v) is 21.0. The molecule has 1 saturated heterocycles. The molecular formula is C30H33N3O3. The van der Waals surface area contributed by atoms with E-state index in [1.54, 1.807) is 14.2 Å². The molecule has 1 aliphatic heterocycles. The maximum Gasteiger partial charge on any atom is 0.248 e. The van der Waals surface area contributed by atoms with Gasteiger partial charge in [-0.25, -0.2) is 0 Å².